The number of carbonyl (C=O) groups excluding carboxylic acids is 1. The summed E-state index contributed by atoms with van der Waals surface area (Å²) >= 11 is 1.84. The summed E-state index contributed by atoms with van der Waals surface area (Å²) in [5.41, 5.74) is 3.68. The summed E-state index contributed by atoms with van der Waals surface area (Å²) in [6.07, 6.45) is 0. The molecule has 0 aliphatic rings. The molecule has 3 rings (SSSR count). The highest BCUT2D eigenvalue weighted by atomic mass is 32.2. The maximum absolute atomic E-state index is 11.6. The Labute approximate surface area is 177 Å². The number of likely N-dealkylation sites (N-methyl/N-ethyl adjacent to an activating group) is 1. The standard InChI is InChI=1S/C25H27NO2S/c1-2-26-24(27)20-28-18-19-29-25(21-12-6-3-7-13-21,22-14-8-4-9-15-22)23-16-10-5-11-17-23/h3-17H,2,18-20H2,1H3,(H,26,27). The van der Waals surface area contributed by atoms with Gasteiger partial charge in [-0.05, 0) is 23.6 Å². The first kappa shape index (κ1) is 21.2. The monoisotopic (exact) mass is 405 g/mol. The van der Waals surface area contributed by atoms with E-state index in [0.29, 0.717) is 13.2 Å². The normalized spacial score (nSPS) is 11.2. The zero-order valence-corrected chi connectivity index (χ0v) is 17.5. The van der Waals surface area contributed by atoms with Gasteiger partial charge in [0.25, 0.3) is 0 Å². The highest BCUT2D eigenvalue weighted by molar-refractivity contribution is 8.00. The van der Waals surface area contributed by atoms with E-state index in [1.807, 2.05) is 36.9 Å². The minimum absolute atomic E-state index is 0.0714. The third kappa shape index (κ3) is 5.28. The fourth-order valence-corrected chi connectivity index (χ4v) is 4.85. The minimum atomic E-state index is -0.348. The van der Waals surface area contributed by atoms with Crippen LogP contribution in [0.1, 0.15) is 23.6 Å². The van der Waals surface area contributed by atoms with Gasteiger partial charge >= 0.3 is 0 Å². The molecule has 3 aromatic carbocycles. The second-order valence-corrected chi connectivity index (χ2v) is 7.94. The highest BCUT2D eigenvalue weighted by Crippen LogP contribution is 2.48. The van der Waals surface area contributed by atoms with Gasteiger partial charge in [-0.2, -0.15) is 0 Å². The van der Waals surface area contributed by atoms with E-state index >= 15 is 0 Å². The third-order valence-electron chi connectivity index (χ3n) is 4.69. The topological polar surface area (TPSA) is 38.3 Å². The van der Waals surface area contributed by atoms with Crippen LogP contribution >= 0.6 is 11.8 Å². The molecule has 150 valence electrons. The molecule has 0 heterocycles. The molecule has 3 aromatic rings. The molecular weight excluding hydrogens is 378 g/mol. The molecule has 3 nitrogen and oxygen atoms in total. The molecule has 1 N–H and O–H groups in total. The van der Waals surface area contributed by atoms with Crippen molar-refractivity contribution in [1.82, 2.24) is 5.32 Å². The largest absolute Gasteiger partial charge is 0.371 e. The van der Waals surface area contributed by atoms with E-state index in [4.69, 9.17) is 4.74 Å². The Kier molecular flexibility index (Phi) is 7.91. The predicted octanol–water partition coefficient (Wildman–Crippen LogP) is 4.86. The Morgan fingerprint density at radius 2 is 1.28 bits per heavy atom. The maximum atomic E-state index is 11.6. The lowest BCUT2D eigenvalue weighted by Crippen LogP contribution is -2.28. The third-order valence-corrected chi connectivity index (χ3v) is 6.21. The maximum Gasteiger partial charge on any atom is 0.245 e. The van der Waals surface area contributed by atoms with Crippen LogP contribution < -0.4 is 5.32 Å². The van der Waals surface area contributed by atoms with Crippen LogP contribution in [0.15, 0.2) is 91.0 Å². The van der Waals surface area contributed by atoms with Crippen molar-refractivity contribution in [3.8, 4) is 0 Å². The Balaban J connectivity index is 1.90. The van der Waals surface area contributed by atoms with Crippen LogP contribution in [0.3, 0.4) is 0 Å². The molecule has 4 heteroatoms. The Hall–Kier alpha value is -2.56. The van der Waals surface area contributed by atoms with Crippen molar-refractivity contribution in [2.45, 2.75) is 11.7 Å². The van der Waals surface area contributed by atoms with Gasteiger partial charge in [0, 0.05) is 12.3 Å². The van der Waals surface area contributed by atoms with Crippen molar-refractivity contribution in [2.24, 2.45) is 0 Å². The van der Waals surface area contributed by atoms with Crippen molar-refractivity contribution in [3.63, 3.8) is 0 Å². The number of rotatable bonds is 10. The van der Waals surface area contributed by atoms with Crippen LogP contribution in [-0.2, 0) is 14.3 Å². The summed E-state index contributed by atoms with van der Waals surface area (Å²) in [7, 11) is 0. The van der Waals surface area contributed by atoms with E-state index in [1.54, 1.807) is 0 Å². The molecule has 0 unspecified atom stereocenters. The van der Waals surface area contributed by atoms with E-state index < -0.39 is 0 Å². The second kappa shape index (κ2) is 10.8. The molecule has 0 bridgehead atoms. The van der Waals surface area contributed by atoms with Gasteiger partial charge in [-0.1, -0.05) is 91.0 Å². The van der Waals surface area contributed by atoms with Crippen LogP contribution in [0.5, 0.6) is 0 Å². The first-order valence-electron chi connectivity index (χ1n) is 9.92. The SMILES string of the molecule is CCNC(=O)COCCSC(c1ccccc1)(c1ccccc1)c1ccccc1. The van der Waals surface area contributed by atoms with Crippen molar-refractivity contribution in [3.05, 3.63) is 108 Å². The number of benzene rings is 3. The molecule has 0 spiro atoms. The van der Waals surface area contributed by atoms with Crippen molar-refractivity contribution >= 4 is 17.7 Å². The van der Waals surface area contributed by atoms with Gasteiger partial charge in [0.05, 0.1) is 11.4 Å². The van der Waals surface area contributed by atoms with Gasteiger partial charge in [-0.15, -0.1) is 11.8 Å². The molecule has 0 saturated heterocycles. The lowest BCUT2D eigenvalue weighted by molar-refractivity contribution is -0.125. The van der Waals surface area contributed by atoms with E-state index in [0.717, 1.165) is 5.75 Å². The van der Waals surface area contributed by atoms with E-state index in [9.17, 15) is 4.79 Å². The molecule has 1 amide bonds. The first-order chi connectivity index (χ1) is 14.3. The molecule has 0 aromatic heterocycles. The number of carbonyl (C=O) groups is 1. The zero-order chi connectivity index (χ0) is 20.4. The second-order valence-electron chi connectivity index (χ2n) is 6.63. The number of hydrogen-bond acceptors (Lipinski definition) is 3. The van der Waals surface area contributed by atoms with E-state index in [2.05, 4.69) is 78.1 Å². The van der Waals surface area contributed by atoms with E-state index in [1.165, 1.54) is 16.7 Å². The van der Waals surface area contributed by atoms with Gasteiger partial charge in [-0.3, -0.25) is 4.79 Å². The first-order valence-corrected chi connectivity index (χ1v) is 10.9. The summed E-state index contributed by atoms with van der Waals surface area (Å²) in [6.45, 7) is 3.14. The summed E-state index contributed by atoms with van der Waals surface area (Å²) in [4.78, 5) is 11.6. The lowest BCUT2D eigenvalue weighted by Gasteiger charge is -2.35. The Morgan fingerprint density at radius 3 is 1.69 bits per heavy atom. The number of nitrogens with one attached hydrogen (secondary N) is 1. The number of ether oxygens (including phenoxy) is 1. The van der Waals surface area contributed by atoms with Gasteiger partial charge in [-0.25, -0.2) is 0 Å². The van der Waals surface area contributed by atoms with Gasteiger partial charge in [0.15, 0.2) is 0 Å². The fraction of sp³-hybridized carbons (Fsp3) is 0.240. The summed E-state index contributed by atoms with van der Waals surface area (Å²) in [5, 5.41) is 2.76. The van der Waals surface area contributed by atoms with E-state index in [-0.39, 0.29) is 17.3 Å². The smallest absolute Gasteiger partial charge is 0.245 e. The van der Waals surface area contributed by atoms with Crippen molar-refractivity contribution in [2.75, 3.05) is 25.5 Å². The van der Waals surface area contributed by atoms with Gasteiger partial charge in [0.2, 0.25) is 5.91 Å². The molecular formula is C25H27NO2S. The number of hydrogen-bond donors (Lipinski definition) is 1. The molecule has 0 saturated carbocycles. The molecule has 0 aliphatic carbocycles. The average Bonchev–Trinajstić information content (AvgIpc) is 2.78. The number of amides is 1. The molecule has 0 fully saturated rings. The van der Waals surface area contributed by atoms with Gasteiger partial charge < -0.3 is 10.1 Å². The Bertz CT molecular complexity index is 772. The van der Waals surface area contributed by atoms with Gasteiger partial charge in [0.1, 0.15) is 6.61 Å². The molecule has 0 radical (unpaired) electrons. The molecule has 29 heavy (non-hydrogen) atoms. The van der Waals surface area contributed by atoms with Crippen LogP contribution in [0, 0.1) is 0 Å². The van der Waals surface area contributed by atoms with Crippen LogP contribution in [-0.4, -0.2) is 31.4 Å². The minimum Gasteiger partial charge on any atom is -0.371 e. The van der Waals surface area contributed by atoms with Crippen LogP contribution in [0.2, 0.25) is 0 Å². The number of thioether (sulfide) groups is 1. The fourth-order valence-electron chi connectivity index (χ4n) is 3.44. The molecule has 0 aliphatic heterocycles. The summed E-state index contributed by atoms with van der Waals surface area (Å²) < 4.78 is 5.27. The highest BCUT2D eigenvalue weighted by Gasteiger charge is 2.36. The summed E-state index contributed by atoms with van der Waals surface area (Å²) in [5.74, 6) is 0.691. The zero-order valence-electron chi connectivity index (χ0n) is 16.7. The van der Waals surface area contributed by atoms with Crippen molar-refractivity contribution in [1.29, 1.82) is 0 Å². The quantitative estimate of drug-likeness (QED) is 0.386. The predicted molar refractivity (Wildman–Crippen MR) is 121 cm³/mol. The molecule has 0 atom stereocenters. The van der Waals surface area contributed by atoms with Crippen LogP contribution in [0.4, 0.5) is 0 Å². The average molecular weight is 406 g/mol. The van der Waals surface area contributed by atoms with Crippen molar-refractivity contribution < 1.29 is 9.53 Å². The Morgan fingerprint density at radius 1 is 0.828 bits per heavy atom. The van der Waals surface area contributed by atoms with Crippen LogP contribution in [0.25, 0.3) is 0 Å². The summed E-state index contributed by atoms with van der Waals surface area (Å²) in [6, 6.07) is 31.7. The lowest BCUT2D eigenvalue weighted by atomic mass is 9.84.